The molecule has 0 fully saturated rings. The summed E-state index contributed by atoms with van der Waals surface area (Å²) in [4.78, 5) is 4.91. The Hall–Kier alpha value is -2.76. The number of hydrogen-bond donors (Lipinski definition) is 2. The van der Waals surface area contributed by atoms with Crippen LogP contribution >= 0.6 is 0 Å². The van der Waals surface area contributed by atoms with Crippen molar-refractivity contribution in [2.75, 3.05) is 63.0 Å². The molecule has 5 heteroatoms. The molecule has 0 atom stereocenters. The Morgan fingerprint density at radius 1 is 0.543 bits per heavy atom. The van der Waals surface area contributed by atoms with Crippen LogP contribution in [0.1, 0.15) is 40.5 Å². The Bertz CT molecular complexity index is 879. The van der Waals surface area contributed by atoms with E-state index in [1.54, 1.807) is 0 Å². The second-order valence-electron chi connectivity index (χ2n) is 8.93. The van der Waals surface area contributed by atoms with Gasteiger partial charge >= 0.3 is 0 Å². The predicted molar refractivity (Wildman–Crippen MR) is 151 cm³/mol. The second kappa shape index (κ2) is 14.6. The zero-order chi connectivity index (χ0) is 24.9. The molecule has 0 aliphatic rings. The number of hydrogen-bond acceptors (Lipinski definition) is 5. The molecule has 0 aliphatic heterocycles. The Labute approximate surface area is 212 Å². The standard InChI is InChI=1S/C30H44N4O/c1-5-33(6-2)23-9-21-31-27-15-11-25(12-16-27)29-19-20-30(35-29)26-13-17-28(18-14-26)32-22-10-24-34(7-3)8-4/h11-20,31-32H,5-10,21-24H2,1-4H3. The molecule has 0 aliphatic carbocycles. The van der Waals surface area contributed by atoms with Crippen molar-refractivity contribution in [1.82, 2.24) is 9.80 Å². The fourth-order valence-corrected chi connectivity index (χ4v) is 4.30. The first kappa shape index (κ1) is 26.8. The van der Waals surface area contributed by atoms with Gasteiger partial charge in [-0.2, -0.15) is 0 Å². The summed E-state index contributed by atoms with van der Waals surface area (Å²) in [7, 11) is 0. The van der Waals surface area contributed by atoms with E-state index in [-0.39, 0.29) is 0 Å². The number of furan rings is 1. The van der Waals surface area contributed by atoms with Crippen LogP contribution in [0.15, 0.2) is 65.1 Å². The molecule has 35 heavy (non-hydrogen) atoms. The highest BCUT2D eigenvalue weighted by molar-refractivity contribution is 5.67. The van der Waals surface area contributed by atoms with Gasteiger partial charge in [0.15, 0.2) is 0 Å². The van der Waals surface area contributed by atoms with Crippen LogP contribution in [0.5, 0.6) is 0 Å². The number of rotatable bonds is 16. The van der Waals surface area contributed by atoms with Gasteiger partial charge in [0.05, 0.1) is 0 Å². The summed E-state index contributed by atoms with van der Waals surface area (Å²) in [5, 5.41) is 7.05. The van der Waals surface area contributed by atoms with Crippen molar-refractivity contribution in [3.8, 4) is 22.6 Å². The molecule has 0 saturated carbocycles. The van der Waals surface area contributed by atoms with Crippen molar-refractivity contribution in [3.63, 3.8) is 0 Å². The highest BCUT2D eigenvalue weighted by Gasteiger charge is 2.08. The van der Waals surface area contributed by atoms with Gasteiger partial charge in [-0.05, 0) is 113 Å². The van der Waals surface area contributed by atoms with Crippen LogP contribution in [-0.2, 0) is 0 Å². The third-order valence-corrected chi connectivity index (χ3v) is 6.69. The van der Waals surface area contributed by atoms with E-state index in [2.05, 4.69) is 109 Å². The van der Waals surface area contributed by atoms with Crippen molar-refractivity contribution in [2.45, 2.75) is 40.5 Å². The van der Waals surface area contributed by atoms with Crippen molar-refractivity contribution >= 4 is 11.4 Å². The van der Waals surface area contributed by atoms with Crippen LogP contribution in [0.3, 0.4) is 0 Å². The molecule has 1 heterocycles. The number of anilines is 2. The minimum Gasteiger partial charge on any atom is -0.456 e. The topological polar surface area (TPSA) is 43.7 Å². The minimum absolute atomic E-state index is 0.895. The Morgan fingerprint density at radius 3 is 1.26 bits per heavy atom. The van der Waals surface area contributed by atoms with E-state index in [0.717, 1.165) is 99.2 Å². The molecule has 0 unspecified atom stereocenters. The molecule has 0 saturated heterocycles. The summed E-state index contributed by atoms with van der Waals surface area (Å²) in [6.45, 7) is 17.6. The van der Waals surface area contributed by atoms with Gasteiger partial charge in [-0.1, -0.05) is 27.7 Å². The van der Waals surface area contributed by atoms with Gasteiger partial charge in [-0.3, -0.25) is 0 Å². The SMILES string of the molecule is CCN(CC)CCCNc1ccc(-c2ccc(-c3ccc(NCCCN(CC)CC)cc3)o2)cc1. The zero-order valence-corrected chi connectivity index (χ0v) is 22.1. The summed E-state index contributed by atoms with van der Waals surface area (Å²) in [5.41, 5.74) is 4.49. The highest BCUT2D eigenvalue weighted by atomic mass is 16.3. The van der Waals surface area contributed by atoms with Crippen LogP contribution < -0.4 is 10.6 Å². The molecule has 0 amide bonds. The van der Waals surface area contributed by atoms with Gasteiger partial charge in [0.2, 0.25) is 0 Å². The van der Waals surface area contributed by atoms with Gasteiger partial charge in [-0.25, -0.2) is 0 Å². The van der Waals surface area contributed by atoms with Gasteiger partial charge < -0.3 is 24.9 Å². The third-order valence-electron chi connectivity index (χ3n) is 6.69. The lowest BCUT2D eigenvalue weighted by atomic mass is 10.1. The first-order chi connectivity index (χ1) is 17.2. The van der Waals surface area contributed by atoms with E-state index in [0.29, 0.717) is 0 Å². The fourth-order valence-electron chi connectivity index (χ4n) is 4.30. The summed E-state index contributed by atoms with van der Waals surface area (Å²) >= 11 is 0. The van der Waals surface area contributed by atoms with Gasteiger partial charge in [-0.15, -0.1) is 0 Å². The van der Waals surface area contributed by atoms with Crippen molar-refractivity contribution in [2.24, 2.45) is 0 Å². The van der Waals surface area contributed by atoms with Gasteiger partial charge in [0, 0.05) is 35.6 Å². The second-order valence-corrected chi connectivity index (χ2v) is 8.93. The summed E-state index contributed by atoms with van der Waals surface area (Å²) < 4.78 is 6.18. The van der Waals surface area contributed by atoms with Crippen LogP contribution in [-0.4, -0.2) is 62.2 Å². The Balaban J connectivity index is 1.48. The smallest absolute Gasteiger partial charge is 0.134 e. The average molecular weight is 477 g/mol. The maximum Gasteiger partial charge on any atom is 0.134 e. The summed E-state index contributed by atoms with van der Waals surface area (Å²) in [6, 6.07) is 21.2. The zero-order valence-electron chi connectivity index (χ0n) is 22.1. The van der Waals surface area contributed by atoms with E-state index in [4.69, 9.17) is 4.42 Å². The third kappa shape index (κ3) is 8.44. The molecule has 190 valence electrons. The van der Waals surface area contributed by atoms with Gasteiger partial charge in [0.25, 0.3) is 0 Å². The molecule has 5 nitrogen and oxygen atoms in total. The maximum atomic E-state index is 6.18. The molecule has 3 aromatic rings. The van der Waals surface area contributed by atoms with Crippen molar-refractivity contribution < 1.29 is 4.42 Å². The average Bonchev–Trinajstić information content (AvgIpc) is 3.40. The summed E-state index contributed by atoms with van der Waals surface area (Å²) in [5.74, 6) is 1.79. The first-order valence-electron chi connectivity index (χ1n) is 13.4. The predicted octanol–water partition coefficient (Wildman–Crippen LogP) is 6.90. The van der Waals surface area contributed by atoms with E-state index in [1.165, 1.54) is 0 Å². The molecule has 0 radical (unpaired) electrons. The van der Waals surface area contributed by atoms with E-state index in [1.807, 2.05) is 0 Å². The molecule has 1 aromatic heterocycles. The van der Waals surface area contributed by atoms with E-state index < -0.39 is 0 Å². The van der Waals surface area contributed by atoms with E-state index in [9.17, 15) is 0 Å². The molecule has 2 N–H and O–H groups in total. The highest BCUT2D eigenvalue weighted by Crippen LogP contribution is 2.30. The number of benzene rings is 2. The van der Waals surface area contributed by atoms with Crippen molar-refractivity contribution in [1.29, 1.82) is 0 Å². The molecule has 0 bridgehead atoms. The van der Waals surface area contributed by atoms with Crippen molar-refractivity contribution in [3.05, 3.63) is 60.7 Å². The lowest BCUT2D eigenvalue weighted by Gasteiger charge is -2.18. The minimum atomic E-state index is 0.895. The number of nitrogens with one attached hydrogen (secondary N) is 2. The monoisotopic (exact) mass is 476 g/mol. The molecule has 2 aromatic carbocycles. The lowest BCUT2D eigenvalue weighted by Crippen LogP contribution is -2.25. The Kier molecular flexibility index (Phi) is 11.2. The van der Waals surface area contributed by atoms with Crippen LogP contribution in [0.25, 0.3) is 22.6 Å². The quantitative estimate of drug-likeness (QED) is 0.220. The number of nitrogens with zero attached hydrogens (tertiary/aromatic N) is 2. The molecule has 3 rings (SSSR count). The van der Waals surface area contributed by atoms with Crippen LogP contribution in [0.4, 0.5) is 11.4 Å². The first-order valence-corrected chi connectivity index (χ1v) is 13.4. The molecular formula is C30H44N4O. The largest absolute Gasteiger partial charge is 0.456 e. The van der Waals surface area contributed by atoms with E-state index >= 15 is 0 Å². The summed E-state index contributed by atoms with van der Waals surface area (Å²) in [6.07, 6.45) is 2.30. The van der Waals surface area contributed by atoms with Gasteiger partial charge in [0.1, 0.15) is 11.5 Å². The maximum absolute atomic E-state index is 6.18. The Morgan fingerprint density at radius 2 is 0.914 bits per heavy atom. The molecular weight excluding hydrogens is 432 g/mol. The molecule has 0 spiro atoms. The fraction of sp³-hybridized carbons (Fsp3) is 0.467. The normalized spacial score (nSPS) is 11.4. The van der Waals surface area contributed by atoms with Crippen LogP contribution in [0.2, 0.25) is 0 Å². The lowest BCUT2D eigenvalue weighted by molar-refractivity contribution is 0.303. The van der Waals surface area contributed by atoms with Crippen LogP contribution in [0, 0.1) is 0 Å².